The van der Waals surface area contributed by atoms with E-state index in [-0.39, 0.29) is 11.8 Å². The Morgan fingerprint density at radius 3 is 3.05 bits per heavy atom. The summed E-state index contributed by atoms with van der Waals surface area (Å²) >= 11 is 0. The van der Waals surface area contributed by atoms with Crippen molar-refractivity contribution in [1.82, 2.24) is 10.6 Å². The Morgan fingerprint density at radius 2 is 2.26 bits per heavy atom. The third-order valence-electron chi connectivity index (χ3n) is 4.07. The van der Waals surface area contributed by atoms with E-state index in [9.17, 15) is 4.79 Å². The molecule has 0 spiro atoms. The Bertz CT molecular complexity index is 507. The normalized spacial score (nSPS) is 21.1. The molecule has 1 aliphatic heterocycles. The van der Waals surface area contributed by atoms with Gasteiger partial charge < -0.3 is 10.6 Å². The Labute approximate surface area is 114 Å². The number of rotatable bonds is 4. The Balaban J connectivity index is 1.47. The lowest BCUT2D eigenvalue weighted by Gasteiger charge is -2.29. The summed E-state index contributed by atoms with van der Waals surface area (Å²) in [6.45, 7) is 2.80. The van der Waals surface area contributed by atoms with Gasteiger partial charge in [-0.2, -0.15) is 0 Å². The molecule has 0 aromatic heterocycles. The lowest BCUT2D eigenvalue weighted by atomic mass is 9.77. The standard InChI is InChI=1S/C16H20N2O/c19-16(15-11-13-3-1-2-4-14(13)15)18-10-7-12-5-8-17-9-6-12/h1-5,15,17H,6-11H2,(H,18,19). The monoisotopic (exact) mass is 256 g/mol. The van der Waals surface area contributed by atoms with E-state index in [4.69, 9.17) is 0 Å². The molecule has 1 aromatic rings. The van der Waals surface area contributed by atoms with Crippen LogP contribution in [0.25, 0.3) is 0 Å². The van der Waals surface area contributed by atoms with E-state index < -0.39 is 0 Å². The number of carbonyl (C=O) groups excluding carboxylic acids is 1. The quantitative estimate of drug-likeness (QED) is 0.806. The molecule has 1 aliphatic carbocycles. The van der Waals surface area contributed by atoms with Crippen LogP contribution < -0.4 is 10.6 Å². The minimum atomic E-state index is 0.0817. The van der Waals surface area contributed by atoms with Gasteiger partial charge in [-0.3, -0.25) is 4.79 Å². The smallest absolute Gasteiger partial charge is 0.227 e. The van der Waals surface area contributed by atoms with Crippen molar-refractivity contribution < 1.29 is 4.79 Å². The predicted molar refractivity (Wildman–Crippen MR) is 76.1 cm³/mol. The Morgan fingerprint density at radius 1 is 1.37 bits per heavy atom. The van der Waals surface area contributed by atoms with Crippen molar-refractivity contribution in [3.63, 3.8) is 0 Å². The van der Waals surface area contributed by atoms with E-state index in [1.807, 2.05) is 12.1 Å². The van der Waals surface area contributed by atoms with Gasteiger partial charge in [0.1, 0.15) is 0 Å². The van der Waals surface area contributed by atoms with Gasteiger partial charge in [0.05, 0.1) is 5.92 Å². The first-order valence-electron chi connectivity index (χ1n) is 7.09. The molecule has 2 N–H and O–H groups in total. The number of nitrogens with one attached hydrogen (secondary N) is 2. The first-order chi connectivity index (χ1) is 9.34. The molecule has 19 heavy (non-hydrogen) atoms. The second-order valence-electron chi connectivity index (χ2n) is 5.31. The average Bonchev–Trinajstić information content (AvgIpc) is 2.41. The van der Waals surface area contributed by atoms with E-state index in [1.165, 1.54) is 16.7 Å². The molecule has 1 amide bonds. The third kappa shape index (κ3) is 2.71. The molecule has 1 heterocycles. The Kier molecular flexibility index (Phi) is 3.65. The fourth-order valence-electron chi connectivity index (χ4n) is 2.86. The van der Waals surface area contributed by atoms with E-state index in [0.29, 0.717) is 0 Å². The van der Waals surface area contributed by atoms with Crippen molar-refractivity contribution >= 4 is 5.91 Å². The summed E-state index contributed by atoms with van der Waals surface area (Å²) in [5, 5.41) is 6.37. The van der Waals surface area contributed by atoms with Crippen LogP contribution in [-0.2, 0) is 11.2 Å². The zero-order valence-corrected chi connectivity index (χ0v) is 11.1. The molecule has 0 saturated carbocycles. The fourth-order valence-corrected chi connectivity index (χ4v) is 2.86. The first kappa shape index (κ1) is 12.4. The number of fused-ring (bicyclic) bond motifs is 1. The van der Waals surface area contributed by atoms with Gasteiger partial charge in [0.15, 0.2) is 0 Å². The van der Waals surface area contributed by atoms with Crippen molar-refractivity contribution in [2.45, 2.75) is 25.2 Å². The lowest BCUT2D eigenvalue weighted by molar-refractivity contribution is -0.123. The maximum absolute atomic E-state index is 12.1. The number of carbonyl (C=O) groups is 1. The molecule has 3 rings (SSSR count). The van der Waals surface area contributed by atoms with Gasteiger partial charge in [0.2, 0.25) is 5.91 Å². The molecule has 0 saturated heterocycles. The molecule has 0 bridgehead atoms. The van der Waals surface area contributed by atoms with E-state index in [1.54, 1.807) is 0 Å². The van der Waals surface area contributed by atoms with Gasteiger partial charge in [0.25, 0.3) is 0 Å². The van der Waals surface area contributed by atoms with E-state index >= 15 is 0 Å². The summed E-state index contributed by atoms with van der Waals surface area (Å²) in [7, 11) is 0. The first-order valence-corrected chi connectivity index (χ1v) is 7.09. The molecular weight excluding hydrogens is 236 g/mol. The fraction of sp³-hybridized carbons (Fsp3) is 0.438. The maximum atomic E-state index is 12.1. The summed E-state index contributed by atoms with van der Waals surface area (Å²) in [5.41, 5.74) is 4.00. The van der Waals surface area contributed by atoms with Gasteiger partial charge in [-0.15, -0.1) is 0 Å². The molecule has 1 unspecified atom stereocenters. The lowest BCUT2D eigenvalue weighted by Crippen LogP contribution is -2.36. The predicted octanol–water partition coefficient (Wildman–Crippen LogP) is 1.75. The van der Waals surface area contributed by atoms with Crippen molar-refractivity contribution in [3.05, 3.63) is 47.0 Å². The highest BCUT2D eigenvalue weighted by Gasteiger charge is 2.31. The molecule has 3 nitrogen and oxygen atoms in total. The zero-order chi connectivity index (χ0) is 13.1. The van der Waals surface area contributed by atoms with Crippen LogP contribution in [0, 0.1) is 0 Å². The van der Waals surface area contributed by atoms with Crippen LogP contribution in [0.4, 0.5) is 0 Å². The summed E-state index contributed by atoms with van der Waals surface area (Å²) in [6, 6.07) is 8.23. The highest BCUT2D eigenvalue weighted by molar-refractivity contribution is 5.86. The average molecular weight is 256 g/mol. The summed E-state index contributed by atoms with van der Waals surface area (Å²) in [5.74, 6) is 0.270. The second-order valence-corrected chi connectivity index (χ2v) is 5.31. The van der Waals surface area contributed by atoms with Crippen LogP contribution in [-0.4, -0.2) is 25.5 Å². The van der Waals surface area contributed by atoms with Gasteiger partial charge in [-0.25, -0.2) is 0 Å². The largest absolute Gasteiger partial charge is 0.355 e. The molecule has 3 heteroatoms. The van der Waals surface area contributed by atoms with E-state index in [2.05, 4.69) is 28.8 Å². The molecule has 1 atom stereocenters. The summed E-state index contributed by atoms with van der Waals surface area (Å²) in [4.78, 5) is 12.1. The summed E-state index contributed by atoms with van der Waals surface area (Å²) < 4.78 is 0. The molecule has 2 aliphatic rings. The second kappa shape index (κ2) is 5.57. The van der Waals surface area contributed by atoms with Gasteiger partial charge in [0, 0.05) is 13.1 Å². The van der Waals surface area contributed by atoms with Crippen LogP contribution in [0.5, 0.6) is 0 Å². The molecule has 0 radical (unpaired) electrons. The topological polar surface area (TPSA) is 41.1 Å². The van der Waals surface area contributed by atoms with Gasteiger partial charge >= 0.3 is 0 Å². The van der Waals surface area contributed by atoms with Crippen molar-refractivity contribution in [2.75, 3.05) is 19.6 Å². The minimum Gasteiger partial charge on any atom is -0.355 e. The van der Waals surface area contributed by atoms with Crippen molar-refractivity contribution in [3.8, 4) is 0 Å². The third-order valence-corrected chi connectivity index (χ3v) is 4.07. The minimum absolute atomic E-state index is 0.0817. The molecule has 0 fully saturated rings. The van der Waals surface area contributed by atoms with Crippen molar-refractivity contribution in [1.29, 1.82) is 0 Å². The molecule has 1 aromatic carbocycles. The zero-order valence-electron chi connectivity index (χ0n) is 11.1. The summed E-state index contributed by atoms with van der Waals surface area (Å²) in [6.07, 6.45) is 5.24. The van der Waals surface area contributed by atoms with Crippen LogP contribution >= 0.6 is 0 Å². The number of benzene rings is 1. The number of hydrogen-bond acceptors (Lipinski definition) is 2. The SMILES string of the molecule is O=C(NCCC1=CCNCC1)C1Cc2ccccc21. The number of hydrogen-bond donors (Lipinski definition) is 2. The van der Waals surface area contributed by atoms with Crippen LogP contribution in [0.2, 0.25) is 0 Å². The maximum Gasteiger partial charge on any atom is 0.227 e. The van der Waals surface area contributed by atoms with E-state index in [0.717, 1.165) is 38.9 Å². The van der Waals surface area contributed by atoms with Crippen LogP contribution in [0.3, 0.4) is 0 Å². The van der Waals surface area contributed by atoms with Crippen molar-refractivity contribution in [2.24, 2.45) is 0 Å². The van der Waals surface area contributed by atoms with Gasteiger partial charge in [-0.05, 0) is 36.9 Å². The molecular formula is C16H20N2O. The van der Waals surface area contributed by atoms with Crippen LogP contribution in [0.1, 0.15) is 29.9 Å². The Hall–Kier alpha value is -1.61. The number of amides is 1. The highest BCUT2D eigenvalue weighted by Crippen LogP contribution is 2.34. The molecule has 100 valence electrons. The highest BCUT2D eigenvalue weighted by atomic mass is 16.1. The van der Waals surface area contributed by atoms with Crippen LogP contribution in [0.15, 0.2) is 35.9 Å². The van der Waals surface area contributed by atoms with Gasteiger partial charge in [-0.1, -0.05) is 35.9 Å².